The van der Waals surface area contributed by atoms with Gasteiger partial charge in [-0.1, -0.05) is 0 Å². The largest absolute Gasteiger partial charge is 0.481 e. The number of nitrogens with one attached hydrogen (secondary N) is 1. The zero-order valence-electron chi connectivity index (χ0n) is 15.1. The molecule has 2 aliphatic rings. The molecule has 2 aliphatic heterocycles. The molecule has 3 rings (SSSR count). The molecule has 0 spiro atoms. The molecule has 0 aliphatic carbocycles. The summed E-state index contributed by atoms with van der Waals surface area (Å²) in [5.41, 5.74) is 1.90. The third kappa shape index (κ3) is 4.26. The van der Waals surface area contributed by atoms with Gasteiger partial charge in [0.15, 0.2) is 0 Å². The third-order valence-electron chi connectivity index (χ3n) is 5.38. The number of aliphatic carboxylic acids is 1. The molecule has 1 unspecified atom stereocenters. The zero-order valence-corrected chi connectivity index (χ0v) is 15.1. The van der Waals surface area contributed by atoms with Gasteiger partial charge in [-0.2, -0.15) is 0 Å². The first-order chi connectivity index (χ1) is 12.4. The number of hydrogen-bond acceptors (Lipinski definition) is 3. The minimum atomic E-state index is -0.775. The first-order valence-electron chi connectivity index (χ1n) is 9.23. The highest BCUT2D eigenvalue weighted by Gasteiger charge is 2.29. The van der Waals surface area contributed by atoms with E-state index in [1.807, 2.05) is 6.92 Å². The maximum Gasteiger partial charge on any atom is 0.317 e. The van der Waals surface area contributed by atoms with Crippen molar-refractivity contribution in [2.75, 3.05) is 31.1 Å². The smallest absolute Gasteiger partial charge is 0.317 e. The predicted molar refractivity (Wildman–Crippen MR) is 96.8 cm³/mol. The van der Waals surface area contributed by atoms with Gasteiger partial charge < -0.3 is 20.2 Å². The zero-order chi connectivity index (χ0) is 18.7. The lowest BCUT2D eigenvalue weighted by molar-refractivity contribution is -0.143. The highest BCUT2D eigenvalue weighted by molar-refractivity contribution is 5.75. The van der Waals surface area contributed by atoms with Crippen molar-refractivity contribution in [1.29, 1.82) is 0 Å². The van der Waals surface area contributed by atoms with Crippen LogP contribution in [0, 0.1) is 18.7 Å². The van der Waals surface area contributed by atoms with Crippen LogP contribution < -0.4 is 10.2 Å². The van der Waals surface area contributed by atoms with E-state index in [1.54, 1.807) is 11.0 Å². The van der Waals surface area contributed by atoms with E-state index < -0.39 is 5.97 Å². The number of halogens is 1. The van der Waals surface area contributed by atoms with E-state index in [0.29, 0.717) is 32.5 Å². The molecule has 6 nitrogen and oxygen atoms in total. The van der Waals surface area contributed by atoms with Crippen LogP contribution in [0.5, 0.6) is 0 Å². The summed E-state index contributed by atoms with van der Waals surface area (Å²) < 4.78 is 13.3. The third-order valence-corrected chi connectivity index (χ3v) is 5.38. The number of benzene rings is 1. The summed E-state index contributed by atoms with van der Waals surface area (Å²) in [5.74, 6) is -1.36. The van der Waals surface area contributed by atoms with Gasteiger partial charge in [0.25, 0.3) is 0 Å². The normalized spacial score (nSPS) is 21.5. The second-order valence-corrected chi connectivity index (χ2v) is 7.27. The lowest BCUT2D eigenvalue weighted by Gasteiger charge is -2.37. The number of carboxylic acids is 1. The molecule has 2 heterocycles. The van der Waals surface area contributed by atoms with Crippen LogP contribution in [0.2, 0.25) is 0 Å². The topological polar surface area (TPSA) is 72.9 Å². The van der Waals surface area contributed by atoms with Crippen LogP contribution in [0.15, 0.2) is 18.2 Å². The first kappa shape index (κ1) is 18.5. The Balaban J connectivity index is 1.55. The van der Waals surface area contributed by atoms with Crippen LogP contribution in [0.25, 0.3) is 0 Å². The van der Waals surface area contributed by atoms with E-state index in [1.165, 1.54) is 12.1 Å². The number of carboxylic acid groups (broad SMARTS) is 1. The van der Waals surface area contributed by atoms with Crippen molar-refractivity contribution in [3.05, 3.63) is 29.6 Å². The molecule has 0 aromatic heterocycles. The summed E-state index contributed by atoms with van der Waals surface area (Å²) in [7, 11) is 0. The maximum absolute atomic E-state index is 13.3. The van der Waals surface area contributed by atoms with Crippen LogP contribution >= 0.6 is 0 Å². The molecule has 0 bridgehead atoms. The van der Waals surface area contributed by atoms with Gasteiger partial charge in [-0.05, 0) is 56.4 Å². The second-order valence-electron chi connectivity index (χ2n) is 7.27. The van der Waals surface area contributed by atoms with Gasteiger partial charge in [-0.25, -0.2) is 9.18 Å². The molecule has 1 aromatic rings. The Morgan fingerprint density at radius 1 is 1.19 bits per heavy atom. The van der Waals surface area contributed by atoms with Crippen molar-refractivity contribution in [2.24, 2.45) is 5.92 Å². The van der Waals surface area contributed by atoms with Crippen molar-refractivity contribution >= 4 is 17.7 Å². The summed E-state index contributed by atoms with van der Waals surface area (Å²) in [5, 5.41) is 12.1. The SMILES string of the molecule is Cc1cc(F)ccc1N1CCCC(NC(=O)N2CCC(C(=O)O)CC2)C1. The molecule has 2 fully saturated rings. The number of aryl methyl sites for hydroxylation is 1. The van der Waals surface area contributed by atoms with E-state index in [2.05, 4.69) is 10.2 Å². The average Bonchev–Trinajstić information content (AvgIpc) is 2.62. The minimum Gasteiger partial charge on any atom is -0.481 e. The maximum atomic E-state index is 13.3. The van der Waals surface area contributed by atoms with Crippen LogP contribution in [0.1, 0.15) is 31.2 Å². The highest BCUT2D eigenvalue weighted by atomic mass is 19.1. The number of hydrogen-bond donors (Lipinski definition) is 2. The van der Waals surface area contributed by atoms with Gasteiger partial charge in [0.2, 0.25) is 0 Å². The van der Waals surface area contributed by atoms with Crippen LogP contribution in [0.4, 0.5) is 14.9 Å². The molecule has 1 aromatic carbocycles. The molecule has 1 atom stereocenters. The molecule has 0 saturated carbocycles. The fraction of sp³-hybridized carbons (Fsp3) is 0.579. The van der Waals surface area contributed by atoms with Gasteiger partial charge >= 0.3 is 12.0 Å². The van der Waals surface area contributed by atoms with Gasteiger partial charge in [-0.15, -0.1) is 0 Å². The Kier molecular flexibility index (Phi) is 5.64. The van der Waals surface area contributed by atoms with E-state index >= 15 is 0 Å². The van der Waals surface area contributed by atoms with Gasteiger partial charge in [0, 0.05) is 37.9 Å². The molecule has 26 heavy (non-hydrogen) atoms. The van der Waals surface area contributed by atoms with E-state index in [0.717, 1.165) is 30.6 Å². The quantitative estimate of drug-likeness (QED) is 0.866. The van der Waals surface area contributed by atoms with Crippen molar-refractivity contribution < 1.29 is 19.1 Å². The van der Waals surface area contributed by atoms with Crippen LogP contribution in [-0.4, -0.2) is 54.2 Å². The molecule has 7 heteroatoms. The monoisotopic (exact) mass is 363 g/mol. The van der Waals surface area contributed by atoms with E-state index in [9.17, 15) is 14.0 Å². The summed E-state index contributed by atoms with van der Waals surface area (Å²) >= 11 is 0. The number of piperidine rings is 2. The van der Waals surface area contributed by atoms with Crippen LogP contribution in [-0.2, 0) is 4.79 Å². The minimum absolute atomic E-state index is 0.0397. The first-order valence-corrected chi connectivity index (χ1v) is 9.23. The second kappa shape index (κ2) is 7.93. The number of amides is 2. The van der Waals surface area contributed by atoms with Gasteiger partial charge in [-0.3, -0.25) is 4.79 Å². The number of anilines is 1. The highest BCUT2D eigenvalue weighted by Crippen LogP contribution is 2.25. The summed E-state index contributed by atoms with van der Waals surface area (Å²) in [6, 6.07) is 4.72. The van der Waals surface area contributed by atoms with E-state index in [-0.39, 0.29) is 23.8 Å². The molecule has 142 valence electrons. The molecular formula is C19H26FN3O3. The van der Waals surface area contributed by atoms with Crippen molar-refractivity contribution in [1.82, 2.24) is 10.2 Å². The molecule has 2 saturated heterocycles. The number of carbonyl (C=O) groups excluding carboxylic acids is 1. The Morgan fingerprint density at radius 2 is 1.92 bits per heavy atom. The Bertz CT molecular complexity index is 674. The summed E-state index contributed by atoms with van der Waals surface area (Å²) in [4.78, 5) is 27.4. The van der Waals surface area contributed by atoms with Crippen molar-refractivity contribution in [3.63, 3.8) is 0 Å². The number of rotatable bonds is 3. The number of nitrogens with zero attached hydrogens (tertiary/aromatic N) is 2. The summed E-state index contributed by atoms with van der Waals surface area (Å²) in [6.07, 6.45) is 2.89. The van der Waals surface area contributed by atoms with Crippen molar-refractivity contribution in [2.45, 2.75) is 38.6 Å². The number of likely N-dealkylation sites (tertiary alicyclic amines) is 1. The number of carbonyl (C=O) groups is 2. The fourth-order valence-electron chi connectivity index (χ4n) is 3.88. The Hall–Kier alpha value is -2.31. The average molecular weight is 363 g/mol. The number of urea groups is 1. The lowest BCUT2D eigenvalue weighted by Crippen LogP contribution is -2.53. The van der Waals surface area contributed by atoms with Crippen LogP contribution in [0.3, 0.4) is 0 Å². The van der Waals surface area contributed by atoms with Gasteiger partial charge in [0.1, 0.15) is 5.82 Å². The predicted octanol–water partition coefficient (Wildman–Crippen LogP) is 2.61. The molecule has 2 N–H and O–H groups in total. The summed E-state index contributed by atoms with van der Waals surface area (Å²) in [6.45, 7) is 4.45. The van der Waals surface area contributed by atoms with Crippen molar-refractivity contribution in [3.8, 4) is 0 Å². The lowest BCUT2D eigenvalue weighted by atomic mass is 9.97. The standard InChI is InChI=1S/C19H26FN3O3/c1-13-11-15(20)4-5-17(13)23-8-2-3-16(12-23)21-19(26)22-9-6-14(7-10-22)18(24)25/h4-5,11,14,16H,2-3,6-10,12H2,1H3,(H,21,26)(H,24,25). The fourth-order valence-corrected chi connectivity index (χ4v) is 3.88. The van der Waals surface area contributed by atoms with Gasteiger partial charge in [0.05, 0.1) is 5.92 Å². The van der Waals surface area contributed by atoms with E-state index in [4.69, 9.17) is 5.11 Å². The molecular weight excluding hydrogens is 337 g/mol. The Morgan fingerprint density at radius 3 is 2.58 bits per heavy atom. The molecule has 0 radical (unpaired) electrons. The Labute approximate surface area is 153 Å². The molecule has 2 amide bonds.